The third-order valence-electron chi connectivity index (χ3n) is 3.43. The number of rotatable bonds is 4. The Morgan fingerprint density at radius 1 is 1.37 bits per heavy atom. The van der Waals surface area contributed by atoms with Gasteiger partial charge in [-0.3, -0.25) is 9.59 Å². The first-order chi connectivity index (χ1) is 8.99. The Labute approximate surface area is 111 Å². The van der Waals surface area contributed by atoms with Gasteiger partial charge in [0.15, 0.2) is 5.89 Å². The predicted octanol–water partition coefficient (Wildman–Crippen LogP) is 1.76. The van der Waals surface area contributed by atoms with E-state index in [1.807, 2.05) is 0 Å². The van der Waals surface area contributed by atoms with Gasteiger partial charge in [0.25, 0.3) is 5.91 Å². The lowest BCUT2D eigenvalue weighted by Crippen LogP contribution is -2.42. The van der Waals surface area contributed by atoms with Crippen molar-refractivity contribution in [2.45, 2.75) is 45.6 Å². The molecule has 1 aromatic rings. The van der Waals surface area contributed by atoms with Crippen LogP contribution in [-0.2, 0) is 4.79 Å². The van der Waals surface area contributed by atoms with E-state index < -0.39 is 5.97 Å². The highest BCUT2D eigenvalue weighted by Gasteiger charge is 2.31. The largest absolute Gasteiger partial charge is 0.480 e. The number of aromatic nitrogens is 1. The molecular formula is C13H18N2O4. The maximum Gasteiger partial charge on any atom is 0.323 e. The van der Waals surface area contributed by atoms with Crippen LogP contribution in [0.3, 0.4) is 0 Å². The number of aliphatic carboxylic acids is 1. The van der Waals surface area contributed by atoms with E-state index in [9.17, 15) is 9.59 Å². The molecule has 0 aromatic carbocycles. The first kappa shape index (κ1) is 13.6. The Hall–Kier alpha value is -1.85. The van der Waals surface area contributed by atoms with Crippen molar-refractivity contribution in [3.05, 3.63) is 17.3 Å². The highest BCUT2D eigenvalue weighted by molar-refractivity contribution is 5.94. The van der Waals surface area contributed by atoms with Gasteiger partial charge < -0.3 is 14.4 Å². The molecule has 2 rings (SSSR count). The van der Waals surface area contributed by atoms with Gasteiger partial charge in [0, 0.05) is 13.0 Å². The van der Waals surface area contributed by atoms with Gasteiger partial charge in [0.2, 0.25) is 5.76 Å². The Morgan fingerprint density at radius 2 is 2.00 bits per heavy atom. The minimum atomic E-state index is -1.01. The summed E-state index contributed by atoms with van der Waals surface area (Å²) >= 11 is 0. The fourth-order valence-corrected chi connectivity index (χ4v) is 2.59. The Bertz CT molecular complexity index is 489. The fraction of sp³-hybridized carbons (Fsp3) is 0.615. The number of carbonyl (C=O) groups is 2. The molecule has 0 unspecified atom stereocenters. The monoisotopic (exact) mass is 266 g/mol. The smallest absolute Gasteiger partial charge is 0.323 e. The van der Waals surface area contributed by atoms with Gasteiger partial charge >= 0.3 is 5.97 Å². The molecule has 6 nitrogen and oxygen atoms in total. The van der Waals surface area contributed by atoms with Crippen LogP contribution in [0.25, 0.3) is 0 Å². The van der Waals surface area contributed by atoms with E-state index >= 15 is 0 Å². The molecule has 1 saturated carbocycles. The summed E-state index contributed by atoms with van der Waals surface area (Å²) in [6.45, 7) is 3.07. The van der Waals surface area contributed by atoms with Crippen molar-refractivity contribution in [2.75, 3.05) is 6.54 Å². The van der Waals surface area contributed by atoms with Gasteiger partial charge in [-0.25, -0.2) is 4.98 Å². The van der Waals surface area contributed by atoms with E-state index in [-0.39, 0.29) is 24.3 Å². The lowest BCUT2D eigenvalue weighted by Gasteiger charge is -2.26. The highest BCUT2D eigenvalue weighted by Crippen LogP contribution is 2.25. The zero-order valence-electron chi connectivity index (χ0n) is 11.2. The lowest BCUT2D eigenvalue weighted by atomic mass is 10.2. The molecule has 1 aliphatic carbocycles. The highest BCUT2D eigenvalue weighted by atomic mass is 16.4. The van der Waals surface area contributed by atoms with E-state index in [4.69, 9.17) is 9.52 Å². The van der Waals surface area contributed by atoms with E-state index in [1.54, 1.807) is 13.8 Å². The number of oxazole rings is 1. The Morgan fingerprint density at radius 3 is 2.47 bits per heavy atom. The lowest BCUT2D eigenvalue weighted by molar-refractivity contribution is -0.138. The number of nitrogens with zero attached hydrogens (tertiary/aromatic N) is 2. The first-order valence-corrected chi connectivity index (χ1v) is 6.46. The van der Waals surface area contributed by atoms with Crippen LogP contribution in [0, 0.1) is 13.8 Å². The maximum atomic E-state index is 12.4. The van der Waals surface area contributed by atoms with Crippen LogP contribution in [-0.4, -0.2) is 39.5 Å². The molecule has 19 heavy (non-hydrogen) atoms. The van der Waals surface area contributed by atoms with Gasteiger partial charge in [-0.1, -0.05) is 12.8 Å². The van der Waals surface area contributed by atoms with Gasteiger partial charge in [0.1, 0.15) is 6.54 Å². The van der Waals surface area contributed by atoms with Crippen LogP contribution in [0.2, 0.25) is 0 Å². The number of carboxylic acids is 1. The van der Waals surface area contributed by atoms with Crippen molar-refractivity contribution in [1.29, 1.82) is 0 Å². The van der Waals surface area contributed by atoms with Crippen LogP contribution in [0.5, 0.6) is 0 Å². The molecule has 0 bridgehead atoms. The maximum absolute atomic E-state index is 12.4. The number of carbonyl (C=O) groups excluding carboxylic acids is 1. The van der Waals surface area contributed by atoms with Crippen LogP contribution in [0.15, 0.2) is 4.42 Å². The molecule has 1 N–H and O–H groups in total. The average molecular weight is 266 g/mol. The van der Waals surface area contributed by atoms with Crippen molar-refractivity contribution in [3.63, 3.8) is 0 Å². The van der Waals surface area contributed by atoms with Gasteiger partial charge in [0.05, 0.1) is 5.69 Å². The Balaban J connectivity index is 2.24. The van der Waals surface area contributed by atoms with Crippen molar-refractivity contribution in [2.24, 2.45) is 0 Å². The second-order valence-corrected chi connectivity index (χ2v) is 4.91. The topological polar surface area (TPSA) is 83.6 Å². The van der Waals surface area contributed by atoms with Crippen LogP contribution in [0.4, 0.5) is 0 Å². The average Bonchev–Trinajstić information content (AvgIpc) is 2.94. The summed E-state index contributed by atoms with van der Waals surface area (Å²) in [5.41, 5.74) is 0.510. The second kappa shape index (κ2) is 5.42. The summed E-state index contributed by atoms with van der Waals surface area (Å²) in [6, 6.07) is -0.00611. The fourth-order valence-electron chi connectivity index (χ4n) is 2.59. The molecule has 104 valence electrons. The van der Waals surface area contributed by atoms with E-state index in [1.165, 1.54) is 4.90 Å². The molecule has 1 aromatic heterocycles. The summed E-state index contributed by atoms with van der Waals surface area (Å²) in [4.78, 5) is 28.8. The number of carboxylic acid groups (broad SMARTS) is 1. The number of amides is 1. The molecule has 1 amide bonds. The van der Waals surface area contributed by atoms with Crippen molar-refractivity contribution in [3.8, 4) is 0 Å². The predicted molar refractivity (Wildman–Crippen MR) is 66.9 cm³/mol. The molecule has 0 aliphatic heterocycles. The molecule has 0 atom stereocenters. The summed E-state index contributed by atoms with van der Waals surface area (Å²) in [7, 11) is 0. The standard InChI is InChI=1S/C13H18N2O4/c1-8-12(19-9(2)14-8)13(18)15(7-11(16)17)10-5-3-4-6-10/h10H,3-7H2,1-2H3,(H,16,17). The van der Waals surface area contributed by atoms with Gasteiger partial charge in [-0.15, -0.1) is 0 Å². The SMILES string of the molecule is Cc1nc(C)c(C(=O)N(CC(=O)O)C2CCCC2)o1. The molecule has 1 aliphatic rings. The summed E-state index contributed by atoms with van der Waals surface area (Å²) in [6.07, 6.45) is 3.77. The molecular weight excluding hydrogens is 248 g/mol. The van der Waals surface area contributed by atoms with Gasteiger partial charge in [-0.2, -0.15) is 0 Å². The number of hydrogen-bond donors (Lipinski definition) is 1. The van der Waals surface area contributed by atoms with E-state index in [0.29, 0.717) is 11.6 Å². The Kier molecular flexibility index (Phi) is 3.87. The molecule has 1 heterocycles. The van der Waals surface area contributed by atoms with Gasteiger partial charge in [-0.05, 0) is 19.8 Å². The van der Waals surface area contributed by atoms with Crippen molar-refractivity contribution < 1.29 is 19.1 Å². The van der Waals surface area contributed by atoms with E-state index in [0.717, 1.165) is 25.7 Å². The number of aryl methyl sites for hydroxylation is 2. The minimum absolute atomic E-state index is 0.00611. The third-order valence-corrected chi connectivity index (χ3v) is 3.43. The molecule has 0 radical (unpaired) electrons. The van der Waals surface area contributed by atoms with E-state index in [2.05, 4.69) is 4.98 Å². The quantitative estimate of drug-likeness (QED) is 0.897. The summed E-state index contributed by atoms with van der Waals surface area (Å²) < 4.78 is 5.30. The molecule has 0 spiro atoms. The first-order valence-electron chi connectivity index (χ1n) is 6.46. The van der Waals surface area contributed by atoms with Crippen LogP contribution < -0.4 is 0 Å². The number of hydrogen-bond acceptors (Lipinski definition) is 4. The van der Waals surface area contributed by atoms with Crippen LogP contribution >= 0.6 is 0 Å². The van der Waals surface area contributed by atoms with Crippen molar-refractivity contribution in [1.82, 2.24) is 9.88 Å². The molecule has 6 heteroatoms. The molecule has 1 fully saturated rings. The van der Waals surface area contributed by atoms with Crippen molar-refractivity contribution >= 4 is 11.9 Å². The van der Waals surface area contributed by atoms with Crippen LogP contribution in [0.1, 0.15) is 47.8 Å². The summed E-state index contributed by atoms with van der Waals surface area (Å²) in [5.74, 6) is -0.797. The normalized spacial score (nSPS) is 15.7. The summed E-state index contributed by atoms with van der Waals surface area (Å²) in [5, 5.41) is 8.97. The zero-order chi connectivity index (χ0) is 14.0. The third kappa shape index (κ3) is 2.94. The minimum Gasteiger partial charge on any atom is -0.480 e. The molecule has 0 saturated heterocycles. The zero-order valence-corrected chi connectivity index (χ0v) is 11.2. The second-order valence-electron chi connectivity index (χ2n) is 4.91.